The second-order valence-corrected chi connectivity index (χ2v) is 11.5. The number of fused-ring (bicyclic) bond motifs is 1. The predicted octanol–water partition coefficient (Wildman–Crippen LogP) is 3.75. The molecular formula is C25H33ClN4O6S. The molecule has 3 amide bonds. The first kappa shape index (κ1) is 28.7. The van der Waals surface area contributed by atoms with E-state index < -0.39 is 22.1 Å². The summed E-state index contributed by atoms with van der Waals surface area (Å²) in [6.07, 6.45) is 0.774. The summed E-state index contributed by atoms with van der Waals surface area (Å²) in [5.41, 5.74) is 1.10. The molecule has 0 saturated carbocycles. The monoisotopic (exact) mass is 552 g/mol. The first-order valence-corrected chi connectivity index (χ1v) is 14.0. The Labute approximate surface area is 222 Å². The molecule has 2 N–H and O–H groups in total. The molecule has 0 unspecified atom stereocenters. The smallest absolute Gasteiger partial charge is 0.323 e. The number of ether oxygens (including phenoxy) is 2. The average molecular weight is 553 g/mol. The van der Waals surface area contributed by atoms with Crippen LogP contribution in [0, 0.1) is 5.92 Å². The Balaban J connectivity index is 1.91. The van der Waals surface area contributed by atoms with Gasteiger partial charge in [0.05, 0.1) is 34.7 Å². The summed E-state index contributed by atoms with van der Waals surface area (Å²) in [4.78, 5) is 27.4. The van der Waals surface area contributed by atoms with Gasteiger partial charge in [0.25, 0.3) is 5.91 Å². The van der Waals surface area contributed by atoms with Gasteiger partial charge in [-0.25, -0.2) is 13.2 Å². The Morgan fingerprint density at radius 3 is 2.49 bits per heavy atom. The number of carbonyl (C=O) groups is 2. The maximum atomic E-state index is 13.3. The number of halogens is 1. The van der Waals surface area contributed by atoms with Crippen molar-refractivity contribution in [1.29, 1.82) is 0 Å². The molecule has 0 bridgehead atoms. The van der Waals surface area contributed by atoms with Gasteiger partial charge in [-0.3, -0.25) is 4.79 Å². The lowest BCUT2D eigenvalue weighted by atomic mass is 10.0. The third-order valence-electron chi connectivity index (χ3n) is 6.20. The number of para-hydroxylation sites is 1. The summed E-state index contributed by atoms with van der Waals surface area (Å²) >= 11 is 6.11. The topological polar surface area (TPSA) is 117 Å². The van der Waals surface area contributed by atoms with E-state index in [4.69, 9.17) is 21.1 Å². The number of amides is 3. The molecule has 0 aromatic heterocycles. The van der Waals surface area contributed by atoms with Crippen LogP contribution >= 0.6 is 11.6 Å². The van der Waals surface area contributed by atoms with E-state index >= 15 is 0 Å². The maximum Gasteiger partial charge on any atom is 0.323 e. The third kappa shape index (κ3) is 7.35. The van der Waals surface area contributed by atoms with Crippen molar-refractivity contribution >= 4 is 44.9 Å². The summed E-state index contributed by atoms with van der Waals surface area (Å²) in [6.45, 7) is 4.09. The van der Waals surface area contributed by atoms with Gasteiger partial charge >= 0.3 is 6.03 Å². The molecule has 1 aliphatic rings. The van der Waals surface area contributed by atoms with E-state index in [1.807, 2.05) is 6.92 Å². The Morgan fingerprint density at radius 2 is 1.84 bits per heavy atom. The molecule has 10 nitrogen and oxygen atoms in total. The summed E-state index contributed by atoms with van der Waals surface area (Å²) in [5.74, 6) is -0.251. The van der Waals surface area contributed by atoms with Crippen LogP contribution in [0.2, 0.25) is 5.02 Å². The molecule has 0 spiro atoms. The molecule has 37 heavy (non-hydrogen) atoms. The van der Waals surface area contributed by atoms with Gasteiger partial charge in [0.15, 0.2) is 0 Å². The lowest BCUT2D eigenvalue weighted by Gasteiger charge is -2.34. The van der Waals surface area contributed by atoms with Crippen molar-refractivity contribution < 1.29 is 27.5 Å². The molecule has 0 saturated heterocycles. The van der Waals surface area contributed by atoms with Crippen molar-refractivity contribution in [2.45, 2.75) is 26.0 Å². The van der Waals surface area contributed by atoms with Crippen molar-refractivity contribution in [3.05, 3.63) is 53.1 Å². The number of sulfonamides is 1. The van der Waals surface area contributed by atoms with Crippen LogP contribution in [0.5, 0.6) is 5.75 Å². The molecule has 1 heterocycles. The highest BCUT2D eigenvalue weighted by Crippen LogP contribution is 2.28. The Kier molecular flexibility index (Phi) is 9.41. The molecule has 0 fully saturated rings. The van der Waals surface area contributed by atoms with Gasteiger partial charge in [0, 0.05) is 39.0 Å². The SMILES string of the molecule is CO[C@@H]1CN(C)C(=O)c2ccc(NC(=O)Nc3ccccc3Cl)cc2OC[C@@H](C)N(S(C)(=O)=O)C[C@H]1C. The molecule has 12 heteroatoms. The lowest BCUT2D eigenvalue weighted by Crippen LogP contribution is -2.48. The first-order chi connectivity index (χ1) is 17.4. The zero-order valence-electron chi connectivity index (χ0n) is 21.5. The van der Waals surface area contributed by atoms with Gasteiger partial charge in [-0.05, 0) is 37.1 Å². The highest BCUT2D eigenvalue weighted by atomic mass is 35.5. The van der Waals surface area contributed by atoms with Crippen LogP contribution in [0.1, 0.15) is 24.2 Å². The van der Waals surface area contributed by atoms with E-state index in [1.165, 1.54) is 15.3 Å². The minimum Gasteiger partial charge on any atom is -0.491 e. The second-order valence-electron chi connectivity index (χ2n) is 9.20. The number of nitrogens with zero attached hydrogens (tertiary/aromatic N) is 2. The van der Waals surface area contributed by atoms with Crippen LogP contribution in [-0.4, -0.2) is 81.8 Å². The Morgan fingerprint density at radius 1 is 1.14 bits per heavy atom. The van der Waals surface area contributed by atoms with E-state index in [9.17, 15) is 18.0 Å². The van der Waals surface area contributed by atoms with E-state index in [2.05, 4.69) is 10.6 Å². The van der Waals surface area contributed by atoms with Gasteiger partial charge in [0.1, 0.15) is 12.4 Å². The van der Waals surface area contributed by atoms with Crippen LogP contribution < -0.4 is 15.4 Å². The summed E-state index contributed by atoms with van der Waals surface area (Å²) in [7, 11) is -0.353. The second kappa shape index (κ2) is 12.1. The van der Waals surface area contributed by atoms with E-state index in [0.717, 1.165) is 6.26 Å². The fraction of sp³-hybridized carbons (Fsp3) is 0.440. The largest absolute Gasteiger partial charge is 0.491 e. The fourth-order valence-electron chi connectivity index (χ4n) is 4.13. The van der Waals surface area contributed by atoms with Crippen LogP contribution in [0.4, 0.5) is 16.2 Å². The molecule has 1 aliphatic heterocycles. The van der Waals surface area contributed by atoms with Crippen molar-refractivity contribution in [1.82, 2.24) is 9.21 Å². The van der Waals surface area contributed by atoms with Gasteiger partial charge in [-0.1, -0.05) is 30.7 Å². The summed E-state index contributed by atoms with van der Waals surface area (Å²) in [6, 6.07) is 10.5. The van der Waals surface area contributed by atoms with Crippen molar-refractivity contribution in [2.24, 2.45) is 5.92 Å². The van der Waals surface area contributed by atoms with Gasteiger partial charge in [0.2, 0.25) is 10.0 Å². The maximum absolute atomic E-state index is 13.3. The van der Waals surface area contributed by atoms with Gasteiger partial charge < -0.3 is 25.0 Å². The lowest BCUT2D eigenvalue weighted by molar-refractivity contribution is 0.0213. The van der Waals surface area contributed by atoms with Crippen LogP contribution in [-0.2, 0) is 14.8 Å². The number of anilines is 2. The summed E-state index contributed by atoms with van der Waals surface area (Å²) in [5, 5.41) is 5.77. The predicted molar refractivity (Wildman–Crippen MR) is 144 cm³/mol. The number of methoxy groups -OCH3 is 1. The number of carbonyl (C=O) groups excluding carboxylic acids is 2. The number of hydrogen-bond donors (Lipinski definition) is 2. The normalized spacial score (nSPS) is 21.7. The number of rotatable bonds is 4. The highest BCUT2D eigenvalue weighted by Gasteiger charge is 2.32. The van der Waals surface area contributed by atoms with E-state index in [0.29, 0.717) is 16.4 Å². The number of hydrogen-bond acceptors (Lipinski definition) is 6. The summed E-state index contributed by atoms with van der Waals surface area (Å²) < 4.78 is 38.1. The van der Waals surface area contributed by atoms with Crippen molar-refractivity contribution in [3.8, 4) is 5.75 Å². The molecule has 3 atom stereocenters. The third-order valence-corrected chi connectivity index (χ3v) is 7.89. The zero-order valence-corrected chi connectivity index (χ0v) is 23.1. The number of benzene rings is 2. The minimum absolute atomic E-state index is 0.00327. The Hall–Kier alpha value is -2.86. The van der Waals surface area contributed by atoms with E-state index in [1.54, 1.807) is 57.5 Å². The standard InChI is InChI=1S/C25H33ClN4O6S/c1-16-13-30(37(5,33)34)17(2)15-36-22-12-18(27-25(32)28-21-9-7-6-8-20(21)26)10-11-19(22)24(31)29(3)14-23(16)35-4/h6-12,16-17,23H,13-15H2,1-5H3,(H2,27,28,32)/t16-,17-,23-/m1/s1. The number of nitrogens with one attached hydrogen (secondary N) is 2. The van der Waals surface area contributed by atoms with Crippen LogP contribution in [0.3, 0.4) is 0 Å². The molecule has 2 aromatic carbocycles. The van der Waals surface area contributed by atoms with E-state index in [-0.39, 0.29) is 48.9 Å². The average Bonchev–Trinajstić information content (AvgIpc) is 2.83. The number of urea groups is 1. The van der Waals surface area contributed by atoms with Crippen molar-refractivity contribution in [3.63, 3.8) is 0 Å². The minimum atomic E-state index is -3.55. The van der Waals surface area contributed by atoms with Crippen LogP contribution in [0.15, 0.2) is 42.5 Å². The fourth-order valence-corrected chi connectivity index (χ4v) is 5.53. The molecule has 3 rings (SSSR count). The molecular weight excluding hydrogens is 520 g/mol. The quantitative estimate of drug-likeness (QED) is 0.596. The highest BCUT2D eigenvalue weighted by molar-refractivity contribution is 7.88. The molecule has 202 valence electrons. The van der Waals surface area contributed by atoms with Gasteiger partial charge in [-0.15, -0.1) is 0 Å². The first-order valence-electron chi connectivity index (χ1n) is 11.7. The molecule has 0 radical (unpaired) electrons. The van der Waals surface area contributed by atoms with Crippen LogP contribution in [0.25, 0.3) is 0 Å². The Bertz CT molecular complexity index is 1240. The molecule has 2 aromatic rings. The number of likely N-dealkylation sites (N-methyl/N-ethyl adjacent to an activating group) is 1. The van der Waals surface area contributed by atoms with Crippen molar-refractivity contribution in [2.75, 3.05) is 50.7 Å². The van der Waals surface area contributed by atoms with Gasteiger partial charge in [-0.2, -0.15) is 4.31 Å². The zero-order chi connectivity index (χ0) is 27.3. The molecule has 0 aliphatic carbocycles.